The summed E-state index contributed by atoms with van der Waals surface area (Å²) in [5, 5.41) is 0. The molecule has 150 valence electrons. The summed E-state index contributed by atoms with van der Waals surface area (Å²) in [7, 11) is 0. The number of piperidine rings is 1. The van der Waals surface area contributed by atoms with Crippen molar-refractivity contribution in [1.29, 1.82) is 0 Å². The van der Waals surface area contributed by atoms with Gasteiger partial charge in [0.25, 0.3) is 0 Å². The van der Waals surface area contributed by atoms with Gasteiger partial charge in [0.15, 0.2) is 0 Å². The number of likely N-dealkylation sites (tertiary alicyclic amines) is 1. The fraction of sp³-hybridized carbons (Fsp3) is 0.375. The van der Waals surface area contributed by atoms with Gasteiger partial charge in [-0.1, -0.05) is 49.4 Å². The molecule has 5 nitrogen and oxygen atoms in total. The molecule has 0 spiro atoms. The van der Waals surface area contributed by atoms with Crippen molar-refractivity contribution < 1.29 is 9.59 Å². The second-order valence-electron chi connectivity index (χ2n) is 7.71. The van der Waals surface area contributed by atoms with Gasteiger partial charge in [-0.15, -0.1) is 0 Å². The first-order chi connectivity index (χ1) is 14.2. The van der Waals surface area contributed by atoms with E-state index in [1.54, 1.807) is 4.90 Å². The lowest BCUT2D eigenvalue weighted by molar-refractivity contribution is -0.134. The quantitative estimate of drug-likeness (QED) is 0.781. The highest BCUT2D eigenvalue weighted by Crippen LogP contribution is 2.33. The van der Waals surface area contributed by atoms with Gasteiger partial charge in [0.1, 0.15) is 6.54 Å². The molecule has 2 aromatic carbocycles. The molecule has 1 atom stereocenters. The fourth-order valence-corrected chi connectivity index (χ4v) is 4.29. The average molecular weight is 389 g/mol. The third-order valence-electron chi connectivity index (χ3n) is 5.87. The number of rotatable bonds is 4. The number of carbonyl (C=O) groups excluding carboxylic acids is 2. The maximum atomic E-state index is 13.2. The van der Waals surface area contributed by atoms with Gasteiger partial charge in [0.2, 0.25) is 11.8 Å². The normalized spacial score (nSPS) is 19.4. The van der Waals surface area contributed by atoms with Crippen LogP contribution in [0.15, 0.2) is 59.6 Å². The number of amides is 2. The van der Waals surface area contributed by atoms with E-state index in [-0.39, 0.29) is 30.8 Å². The number of nitrogens with zero attached hydrogens (tertiary/aromatic N) is 3. The van der Waals surface area contributed by atoms with Crippen LogP contribution in [0, 0.1) is 0 Å². The molecule has 2 aliphatic heterocycles. The van der Waals surface area contributed by atoms with E-state index in [2.05, 4.69) is 6.92 Å². The lowest BCUT2D eigenvalue weighted by atomic mass is 10.00. The van der Waals surface area contributed by atoms with Gasteiger partial charge in [0, 0.05) is 12.6 Å². The predicted octanol–water partition coefficient (Wildman–Crippen LogP) is 4.34. The Balaban J connectivity index is 1.63. The number of anilines is 1. The van der Waals surface area contributed by atoms with Crippen molar-refractivity contribution in [3.8, 4) is 0 Å². The van der Waals surface area contributed by atoms with Crippen LogP contribution in [-0.4, -0.2) is 41.6 Å². The van der Waals surface area contributed by atoms with Gasteiger partial charge in [-0.05, 0) is 43.4 Å². The summed E-state index contributed by atoms with van der Waals surface area (Å²) >= 11 is 0. The van der Waals surface area contributed by atoms with E-state index in [1.807, 2.05) is 59.5 Å². The predicted molar refractivity (Wildman–Crippen MR) is 116 cm³/mol. The largest absolute Gasteiger partial charge is 0.338 e. The molecule has 0 N–H and O–H groups in total. The molecule has 2 heterocycles. The van der Waals surface area contributed by atoms with Gasteiger partial charge < -0.3 is 9.80 Å². The molecule has 0 unspecified atom stereocenters. The van der Waals surface area contributed by atoms with Crippen molar-refractivity contribution >= 4 is 28.9 Å². The molecular formula is C24H27N3O2. The smallest absolute Gasteiger partial charge is 0.242 e. The number of carbonyl (C=O) groups is 2. The van der Waals surface area contributed by atoms with E-state index in [0.29, 0.717) is 5.69 Å². The van der Waals surface area contributed by atoms with Gasteiger partial charge in [0.05, 0.1) is 23.5 Å². The minimum atomic E-state index is -0.0871. The Bertz CT molecular complexity index is 923. The zero-order valence-corrected chi connectivity index (χ0v) is 16.9. The number of hydrogen-bond acceptors (Lipinski definition) is 3. The Hall–Kier alpha value is -2.95. The van der Waals surface area contributed by atoms with Gasteiger partial charge in [-0.25, -0.2) is 0 Å². The SMILES string of the molecule is CC[C@H]1CCCCN1C(=O)CN1C(=O)CC(c2ccccc2)=Nc2ccccc21. The molecule has 4 rings (SSSR count). The van der Waals surface area contributed by atoms with Gasteiger partial charge >= 0.3 is 0 Å². The van der Waals surface area contributed by atoms with Crippen LogP contribution in [0.25, 0.3) is 0 Å². The van der Waals surface area contributed by atoms with E-state index in [9.17, 15) is 9.59 Å². The van der Waals surface area contributed by atoms with Gasteiger partial charge in [-0.2, -0.15) is 0 Å². The minimum absolute atomic E-state index is 0.0304. The molecule has 2 amide bonds. The molecule has 0 radical (unpaired) electrons. The Morgan fingerprint density at radius 1 is 1.07 bits per heavy atom. The minimum Gasteiger partial charge on any atom is -0.338 e. The number of benzene rings is 2. The van der Waals surface area contributed by atoms with E-state index >= 15 is 0 Å². The molecule has 2 aliphatic rings. The van der Waals surface area contributed by atoms with E-state index in [0.717, 1.165) is 42.8 Å². The number of fused-ring (bicyclic) bond motifs is 1. The summed E-state index contributed by atoms with van der Waals surface area (Å²) in [6.45, 7) is 2.99. The third kappa shape index (κ3) is 4.09. The standard InChI is InChI=1S/C24H27N3O2/c1-2-19-12-8-9-15-26(19)24(29)17-27-22-14-7-6-13-20(22)25-21(16-23(27)28)18-10-4-3-5-11-18/h3-7,10-11,13-14,19H,2,8-9,12,15-17H2,1H3/t19-/m0/s1. The summed E-state index contributed by atoms with van der Waals surface area (Å²) in [5.41, 5.74) is 3.12. The highest BCUT2D eigenvalue weighted by atomic mass is 16.2. The molecule has 1 fully saturated rings. The van der Waals surface area contributed by atoms with Crippen LogP contribution in [-0.2, 0) is 9.59 Å². The lowest BCUT2D eigenvalue weighted by Crippen LogP contribution is -2.49. The molecule has 29 heavy (non-hydrogen) atoms. The molecule has 0 saturated carbocycles. The Labute approximate surface area is 172 Å². The molecular weight excluding hydrogens is 362 g/mol. The maximum absolute atomic E-state index is 13.2. The highest BCUT2D eigenvalue weighted by Gasteiger charge is 2.31. The number of para-hydroxylation sites is 2. The van der Waals surface area contributed by atoms with E-state index < -0.39 is 0 Å². The summed E-state index contributed by atoms with van der Waals surface area (Å²) < 4.78 is 0. The Kier molecular flexibility index (Phi) is 5.74. The van der Waals surface area contributed by atoms with E-state index in [1.165, 1.54) is 6.42 Å². The zero-order valence-electron chi connectivity index (χ0n) is 16.9. The molecule has 0 bridgehead atoms. The second-order valence-corrected chi connectivity index (χ2v) is 7.71. The van der Waals surface area contributed by atoms with Crippen LogP contribution in [0.1, 0.15) is 44.6 Å². The average Bonchev–Trinajstić information content (AvgIpc) is 2.91. The molecule has 0 aliphatic carbocycles. The van der Waals surface area contributed by atoms with Crippen LogP contribution >= 0.6 is 0 Å². The lowest BCUT2D eigenvalue weighted by Gasteiger charge is -2.36. The molecule has 0 aromatic heterocycles. The van der Waals surface area contributed by atoms with Gasteiger partial charge in [-0.3, -0.25) is 14.6 Å². The van der Waals surface area contributed by atoms with Crippen LogP contribution < -0.4 is 4.90 Å². The molecule has 5 heteroatoms. The molecule has 1 saturated heterocycles. The number of aliphatic imine (C=N–C) groups is 1. The number of hydrogen-bond donors (Lipinski definition) is 0. The Morgan fingerprint density at radius 3 is 2.62 bits per heavy atom. The second kappa shape index (κ2) is 8.60. The van der Waals surface area contributed by atoms with Crippen molar-refractivity contribution in [3.63, 3.8) is 0 Å². The summed E-state index contributed by atoms with van der Waals surface area (Å²) in [6.07, 6.45) is 4.39. The van der Waals surface area contributed by atoms with E-state index in [4.69, 9.17) is 4.99 Å². The Morgan fingerprint density at radius 2 is 1.83 bits per heavy atom. The summed E-state index contributed by atoms with van der Waals surface area (Å²) in [6, 6.07) is 17.7. The first-order valence-electron chi connectivity index (χ1n) is 10.5. The van der Waals surface area contributed by atoms with Crippen molar-refractivity contribution in [2.45, 2.75) is 45.1 Å². The topological polar surface area (TPSA) is 53.0 Å². The van der Waals surface area contributed by atoms with Crippen LogP contribution in [0.5, 0.6) is 0 Å². The summed E-state index contributed by atoms with van der Waals surface area (Å²) in [4.78, 5) is 34.7. The molecule has 2 aromatic rings. The fourth-order valence-electron chi connectivity index (χ4n) is 4.29. The van der Waals surface area contributed by atoms with Crippen molar-refractivity contribution in [2.75, 3.05) is 18.0 Å². The first-order valence-corrected chi connectivity index (χ1v) is 10.5. The van der Waals surface area contributed by atoms with Crippen molar-refractivity contribution in [1.82, 2.24) is 4.90 Å². The third-order valence-corrected chi connectivity index (χ3v) is 5.87. The van der Waals surface area contributed by atoms with Crippen molar-refractivity contribution in [3.05, 3.63) is 60.2 Å². The van der Waals surface area contributed by atoms with Crippen LogP contribution in [0.2, 0.25) is 0 Å². The zero-order chi connectivity index (χ0) is 20.2. The monoisotopic (exact) mass is 389 g/mol. The highest BCUT2D eigenvalue weighted by molar-refractivity contribution is 6.18. The maximum Gasteiger partial charge on any atom is 0.242 e. The first kappa shape index (κ1) is 19.4. The van der Waals surface area contributed by atoms with Crippen molar-refractivity contribution in [2.24, 2.45) is 4.99 Å². The van der Waals surface area contributed by atoms with Crippen LogP contribution in [0.3, 0.4) is 0 Å². The van der Waals surface area contributed by atoms with Crippen LogP contribution in [0.4, 0.5) is 11.4 Å². The summed E-state index contributed by atoms with van der Waals surface area (Å²) in [5.74, 6) is -0.0566.